The lowest BCUT2D eigenvalue weighted by Crippen LogP contribution is -2.49. The van der Waals surface area contributed by atoms with Crippen molar-refractivity contribution in [2.24, 2.45) is 5.73 Å². The number of carbonyl (C=O) groups is 1. The van der Waals surface area contributed by atoms with Gasteiger partial charge in [-0.2, -0.15) is 0 Å². The van der Waals surface area contributed by atoms with Gasteiger partial charge in [0.25, 0.3) is 0 Å². The standard InChI is InChI=1S/C14H20N2O3/c1-9-5-11-12(19-8-18-11)6-10(9)7-16(4)13(17)14(2,3)15/h5-6H,7-8,15H2,1-4H3. The van der Waals surface area contributed by atoms with Gasteiger partial charge in [-0.05, 0) is 44.0 Å². The zero-order valence-corrected chi connectivity index (χ0v) is 11.8. The van der Waals surface area contributed by atoms with Crippen LogP contribution in [0.2, 0.25) is 0 Å². The Morgan fingerprint density at radius 1 is 1.37 bits per heavy atom. The second-order valence-corrected chi connectivity index (χ2v) is 5.51. The van der Waals surface area contributed by atoms with Gasteiger partial charge in [-0.1, -0.05) is 0 Å². The molecule has 1 aliphatic heterocycles. The van der Waals surface area contributed by atoms with Gasteiger partial charge in [-0.3, -0.25) is 4.79 Å². The van der Waals surface area contributed by atoms with Crippen molar-refractivity contribution in [1.82, 2.24) is 4.90 Å². The molecule has 0 atom stereocenters. The van der Waals surface area contributed by atoms with Crippen LogP contribution in [-0.4, -0.2) is 30.2 Å². The summed E-state index contributed by atoms with van der Waals surface area (Å²) < 4.78 is 10.7. The summed E-state index contributed by atoms with van der Waals surface area (Å²) in [6.45, 7) is 6.16. The largest absolute Gasteiger partial charge is 0.454 e. The molecule has 19 heavy (non-hydrogen) atoms. The zero-order chi connectivity index (χ0) is 14.2. The molecule has 0 saturated carbocycles. The molecule has 5 nitrogen and oxygen atoms in total. The molecule has 0 radical (unpaired) electrons. The van der Waals surface area contributed by atoms with Crippen LogP contribution in [0.25, 0.3) is 0 Å². The van der Waals surface area contributed by atoms with Gasteiger partial charge in [0.1, 0.15) is 0 Å². The summed E-state index contributed by atoms with van der Waals surface area (Å²) in [7, 11) is 1.75. The predicted molar refractivity (Wildman–Crippen MR) is 72.0 cm³/mol. The van der Waals surface area contributed by atoms with Gasteiger partial charge < -0.3 is 20.1 Å². The van der Waals surface area contributed by atoms with Crippen LogP contribution in [0.1, 0.15) is 25.0 Å². The van der Waals surface area contributed by atoms with Crippen LogP contribution in [-0.2, 0) is 11.3 Å². The van der Waals surface area contributed by atoms with E-state index in [0.29, 0.717) is 6.54 Å². The average Bonchev–Trinajstić information content (AvgIpc) is 2.74. The van der Waals surface area contributed by atoms with E-state index in [9.17, 15) is 4.79 Å². The van der Waals surface area contributed by atoms with Crippen molar-refractivity contribution in [3.8, 4) is 11.5 Å². The maximum atomic E-state index is 12.1. The fourth-order valence-corrected chi connectivity index (χ4v) is 2.08. The van der Waals surface area contributed by atoms with Gasteiger partial charge in [-0.15, -0.1) is 0 Å². The van der Waals surface area contributed by atoms with Crippen LogP contribution < -0.4 is 15.2 Å². The quantitative estimate of drug-likeness (QED) is 0.896. The van der Waals surface area contributed by atoms with E-state index in [1.807, 2.05) is 19.1 Å². The number of benzene rings is 1. The van der Waals surface area contributed by atoms with Crippen molar-refractivity contribution in [3.63, 3.8) is 0 Å². The molecule has 1 aliphatic rings. The second kappa shape index (κ2) is 4.74. The number of ether oxygens (including phenoxy) is 2. The van der Waals surface area contributed by atoms with Crippen molar-refractivity contribution in [3.05, 3.63) is 23.3 Å². The van der Waals surface area contributed by atoms with Crippen LogP contribution in [0.3, 0.4) is 0 Å². The molecule has 2 N–H and O–H groups in total. The molecule has 1 amide bonds. The van der Waals surface area contributed by atoms with E-state index < -0.39 is 5.54 Å². The predicted octanol–water partition coefficient (Wildman–Crippen LogP) is 1.42. The third-order valence-electron chi connectivity index (χ3n) is 3.14. The molecule has 0 bridgehead atoms. The van der Waals surface area contributed by atoms with E-state index in [4.69, 9.17) is 15.2 Å². The third kappa shape index (κ3) is 2.81. The minimum absolute atomic E-state index is 0.0930. The monoisotopic (exact) mass is 264 g/mol. The van der Waals surface area contributed by atoms with E-state index in [-0.39, 0.29) is 12.7 Å². The number of nitrogens with two attached hydrogens (primary N) is 1. The summed E-state index contributed by atoms with van der Waals surface area (Å²) in [6, 6.07) is 3.86. The van der Waals surface area contributed by atoms with Crippen LogP contribution in [0.5, 0.6) is 11.5 Å². The van der Waals surface area contributed by atoms with Crippen molar-refractivity contribution in [2.75, 3.05) is 13.8 Å². The number of hydrogen-bond acceptors (Lipinski definition) is 4. The summed E-state index contributed by atoms with van der Waals surface area (Å²) in [4.78, 5) is 13.7. The summed E-state index contributed by atoms with van der Waals surface area (Å²) in [5.74, 6) is 1.40. The molecular formula is C14H20N2O3. The Hall–Kier alpha value is -1.75. The number of fused-ring (bicyclic) bond motifs is 1. The van der Waals surface area contributed by atoms with Crippen LogP contribution in [0.15, 0.2) is 12.1 Å². The molecule has 0 aromatic heterocycles. The average molecular weight is 264 g/mol. The van der Waals surface area contributed by atoms with Crippen LogP contribution >= 0.6 is 0 Å². The zero-order valence-electron chi connectivity index (χ0n) is 11.8. The smallest absolute Gasteiger partial charge is 0.242 e. The van der Waals surface area contributed by atoms with Gasteiger partial charge in [0.15, 0.2) is 11.5 Å². The van der Waals surface area contributed by atoms with Gasteiger partial charge >= 0.3 is 0 Å². The minimum Gasteiger partial charge on any atom is -0.454 e. The number of aryl methyl sites for hydroxylation is 1. The summed E-state index contributed by atoms with van der Waals surface area (Å²) in [5, 5.41) is 0. The van der Waals surface area contributed by atoms with Gasteiger partial charge in [-0.25, -0.2) is 0 Å². The fourth-order valence-electron chi connectivity index (χ4n) is 2.08. The van der Waals surface area contributed by atoms with E-state index in [1.54, 1.807) is 25.8 Å². The Labute approximate surface area is 113 Å². The summed E-state index contributed by atoms with van der Waals surface area (Å²) in [6.07, 6.45) is 0. The highest BCUT2D eigenvalue weighted by molar-refractivity contribution is 5.85. The van der Waals surface area contributed by atoms with Crippen molar-refractivity contribution in [1.29, 1.82) is 0 Å². The normalized spacial score (nSPS) is 13.5. The summed E-state index contributed by atoms with van der Waals surface area (Å²) >= 11 is 0. The molecule has 2 rings (SSSR count). The lowest BCUT2D eigenvalue weighted by molar-refractivity contribution is -0.135. The van der Waals surface area contributed by atoms with Crippen molar-refractivity contribution >= 4 is 5.91 Å². The minimum atomic E-state index is -0.862. The van der Waals surface area contributed by atoms with Crippen molar-refractivity contribution < 1.29 is 14.3 Å². The molecule has 0 fully saturated rings. The molecular weight excluding hydrogens is 244 g/mol. The topological polar surface area (TPSA) is 64.8 Å². The third-order valence-corrected chi connectivity index (χ3v) is 3.14. The first-order chi connectivity index (χ1) is 8.79. The molecule has 5 heteroatoms. The molecule has 0 unspecified atom stereocenters. The van der Waals surface area contributed by atoms with Crippen LogP contribution in [0.4, 0.5) is 0 Å². The maximum absolute atomic E-state index is 12.1. The molecule has 1 aromatic rings. The maximum Gasteiger partial charge on any atom is 0.242 e. The lowest BCUT2D eigenvalue weighted by atomic mass is 10.0. The SMILES string of the molecule is Cc1cc2c(cc1CN(C)C(=O)C(C)(C)N)OCO2. The molecule has 0 aliphatic carbocycles. The number of hydrogen-bond donors (Lipinski definition) is 1. The Morgan fingerprint density at radius 2 is 1.95 bits per heavy atom. The Morgan fingerprint density at radius 3 is 2.53 bits per heavy atom. The first-order valence-corrected chi connectivity index (χ1v) is 6.22. The van der Waals surface area contributed by atoms with Gasteiger partial charge in [0.2, 0.25) is 12.7 Å². The van der Waals surface area contributed by atoms with Crippen molar-refractivity contribution in [2.45, 2.75) is 32.9 Å². The van der Waals surface area contributed by atoms with E-state index in [1.165, 1.54) is 0 Å². The molecule has 1 heterocycles. The Bertz CT molecular complexity index is 506. The number of nitrogens with zero attached hydrogens (tertiary/aromatic N) is 1. The van der Waals surface area contributed by atoms with E-state index in [0.717, 1.165) is 22.6 Å². The second-order valence-electron chi connectivity index (χ2n) is 5.51. The van der Waals surface area contributed by atoms with E-state index in [2.05, 4.69) is 0 Å². The Balaban J connectivity index is 2.18. The first-order valence-electron chi connectivity index (χ1n) is 6.22. The first kappa shape index (κ1) is 13.7. The molecule has 1 aromatic carbocycles. The highest BCUT2D eigenvalue weighted by Gasteiger charge is 2.26. The highest BCUT2D eigenvalue weighted by atomic mass is 16.7. The number of likely N-dealkylation sites (N-methyl/N-ethyl adjacent to an activating group) is 1. The molecule has 0 spiro atoms. The molecule has 104 valence electrons. The number of amides is 1. The fraction of sp³-hybridized carbons (Fsp3) is 0.500. The van der Waals surface area contributed by atoms with E-state index >= 15 is 0 Å². The molecule has 0 saturated heterocycles. The van der Waals surface area contributed by atoms with Crippen LogP contribution in [0, 0.1) is 6.92 Å². The Kier molecular flexibility index (Phi) is 3.41. The summed E-state index contributed by atoms with van der Waals surface area (Å²) in [5.41, 5.74) is 7.06. The number of rotatable bonds is 3. The van der Waals surface area contributed by atoms with Gasteiger partial charge in [0.05, 0.1) is 5.54 Å². The van der Waals surface area contributed by atoms with Gasteiger partial charge in [0, 0.05) is 13.6 Å². The number of carbonyl (C=O) groups excluding carboxylic acids is 1. The lowest BCUT2D eigenvalue weighted by Gasteiger charge is -2.26. The highest BCUT2D eigenvalue weighted by Crippen LogP contribution is 2.34.